The summed E-state index contributed by atoms with van der Waals surface area (Å²) in [5.41, 5.74) is 6.62. The van der Waals surface area contributed by atoms with Gasteiger partial charge >= 0.3 is 0 Å². The summed E-state index contributed by atoms with van der Waals surface area (Å²) in [7, 11) is 0. The van der Waals surface area contributed by atoms with Crippen LogP contribution in [-0.4, -0.2) is 17.0 Å². The lowest BCUT2D eigenvalue weighted by atomic mass is 10.2. The molecule has 2 rings (SSSR count). The number of nitrogens with two attached hydrogens (primary N) is 1. The Morgan fingerprint density at radius 3 is 2.86 bits per heavy atom. The van der Waals surface area contributed by atoms with Crippen molar-refractivity contribution in [1.82, 2.24) is 4.98 Å². The summed E-state index contributed by atoms with van der Waals surface area (Å²) in [5.74, 6) is 0.178. The molecule has 0 fully saturated rings. The van der Waals surface area contributed by atoms with Gasteiger partial charge in [-0.25, -0.2) is 0 Å². The summed E-state index contributed by atoms with van der Waals surface area (Å²) in [6.07, 6.45) is 2.46. The molecule has 3 N–H and O–H groups in total. The van der Waals surface area contributed by atoms with Crippen molar-refractivity contribution in [1.29, 1.82) is 0 Å². The number of nitrogen functional groups attached to an aromatic ring is 1. The summed E-state index contributed by atoms with van der Waals surface area (Å²) in [6, 6.07) is 6.60. The summed E-state index contributed by atoms with van der Waals surface area (Å²) >= 11 is 9.29. The third kappa shape index (κ3) is 4.34. The lowest BCUT2D eigenvalue weighted by Gasteiger charge is -2.15. The molecule has 0 saturated carbocycles. The average Bonchev–Trinajstić information content (AvgIpc) is 2.41. The minimum atomic E-state index is -0.699. The first-order valence-corrected chi connectivity index (χ1v) is 7.26. The van der Waals surface area contributed by atoms with Crippen LogP contribution in [0, 0.1) is 0 Å². The van der Waals surface area contributed by atoms with Crippen LogP contribution in [0.5, 0.6) is 5.75 Å². The maximum atomic E-state index is 12.1. The van der Waals surface area contributed by atoms with Crippen molar-refractivity contribution in [2.75, 3.05) is 11.1 Å². The Bertz CT molecular complexity index is 666. The van der Waals surface area contributed by atoms with E-state index in [1.165, 1.54) is 6.20 Å². The van der Waals surface area contributed by atoms with Crippen molar-refractivity contribution in [2.24, 2.45) is 0 Å². The molecule has 7 heteroatoms. The van der Waals surface area contributed by atoms with Gasteiger partial charge in [0, 0.05) is 16.4 Å². The largest absolute Gasteiger partial charge is 0.479 e. The van der Waals surface area contributed by atoms with Crippen LogP contribution in [0.15, 0.2) is 41.1 Å². The first-order valence-electron chi connectivity index (χ1n) is 6.09. The Kier molecular flexibility index (Phi) is 5.03. The normalized spacial score (nSPS) is 11.8. The number of benzene rings is 1. The number of carbonyl (C=O) groups excluding carboxylic acids is 1. The third-order valence-electron chi connectivity index (χ3n) is 2.61. The molecule has 1 heterocycles. The summed E-state index contributed by atoms with van der Waals surface area (Å²) in [4.78, 5) is 16.0. The van der Waals surface area contributed by atoms with Crippen LogP contribution in [0.4, 0.5) is 11.4 Å². The van der Waals surface area contributed by atoms with Crippen molar-refractivity contribution < 1.29 is 9.53 Å². The van der Waals surface area contributed by atoms with E-state index in [9.17, 15) is 4.79 Å². The first-order chi connectivity index (χ1) is 9.95. The minimum Gasteiger partial charge on any atom is -0.479 e. The van der Waals surface area contributed by atoms with Crippen molar-refractivity contribution in [3.05, 3.63) is 46.2 Å². The van der Waals surface area contributed by atoms with Gasteiger partial charge in [-0.3, -0.25) is 9.78 Å². The van der Waals surface area contributed by atoms with Crippen LogP contribution >= 0.6 is 27.5 Å². The van der Waals surface area contributed by atoms with Crippen LogP contribution in [0.3, 0.4) is 0 Å². The Balaban J connectivity index is 2.02. The van der Waals surface area contributed by atoms with Gasteiger partial charge in [0.05, 0.1) is 16.9 Å². The number of amides is 1. The molecule has 0 spiro atoms. The molecule has 1 unspecified atom stereocenters. The molecule has 1 aromatic heterocycles. The van der Waals surface area contributed by atoms with Gasteiger partial charge in [-0.05, 0) is 47.1 Å². The summed E-state index contributed by atoms with van der Waals surface area (Å²) in [5, 5.41) is 3.06. The van der Waals surface area contributed by atoms with Gasteiger partial charge in [0.1, 0.15) is 5.75 Å². The highest BCUT2D eigenvalue weighted by Gasteiger charge is 2.16. The SMILES string of the molecule is CC(Oc1cncc(Br)c1)C(=O)Nc1ccc(N)cc1Cl. The molecule has 21 heavy (non-hydrogen) atoms. The van der Waals surface area contributed by atoms with Crippen molar-refractivity contribution in [3.63, 3.8) is 0 Å². The fourth-order valence-corrected chi connectivity index (χ4v) is 2.16. The lowest BCUT2D eigenvalue weighted by Crippen LogP contribution is -2.30. The Labute approximate surface area is 135 Å². The van der Waals surface area contributed by atoms with E-state index in [4.69, 9.17) is 22.1 Å². The Morgan fingerprint density at radius 2 is 2.19 bits per heavy atom. The minimum absolute atomic E-state index is 0.318. The fraction of sp³-hybridized carbons (Fsp3) is 0.143. The molecule has 0 bridgehead atoms. The van der Waals surface area contributed by atoms with E-state index in [2.05, 4.69) is 26.2 Å². The van der Waals surface area contributed by atoms with E-state index in [1.54, 1.807) is 37.4 Å². The molecule has 1 aromatic carbocycles. The maximum Gasteiger partial charge on any atom is 0.265 e. The maximum absolute atomic E-state index is 12.1. The number of hydrogen-bond donors (Lipinski definition) is 2. The number of rotatable bonds is 4. The molecular formula is C14H13BrClN3O2. The van der Waals surface area contributed by atoms with E-state index in [0.29, 0.717) is 22.1 Å². The van der Waals surface area contributed by atoms with E-state index >= 15 is 0 Å². The number of hydrogen-bond acceptors (Lipinski definition) is 4. The molecule has 0 saturated heterocycles. The highest BCUT2D eigenvalue weighted by Crippen LogP contribution is 2.24. The van der Waals surface area contributed by atoms with Gasteiger partial charge in [-0.2, -0.15) is 0 Å². The molecule has 1 amide bonds. The van der Waals surface area contributed by atoms with E-state index in [1.807, 2.05) is 0 Å². The molecular weight excluding hydrogens is 358 g/mol. The number of halogens is 2. The Hall–Kier alpha value is -1.79. The number of nitrogens with zero attached hydrogens (tertiary/aromatic N) is 1. The van der Waals surface area contributed by atoms with Crippen LogP contribution in [0.2, 0.25) is 5.02 Å². The quantitative estimate of drug-likeness (QED) is 0.808. The Morgan fingerprint density at radius 1 is 1.43 bits per heavy atom. The average molecular weight is 371 g/mol. The van der Waals surface area contributed by atoms with Gasteiger partial charge in [-0.15, -0.1) is 0 Å². The van der Waals surface area contributed by atoms with E-state index in [-0.39, 0.29) is 5.91 Å². The van der Waals surface area contributed by atoms with Gasteiger partial charge in [-0.1, -0.05) is 11.6 Å². The second-order valence-electron chi connectivity index (χ2n) is 4.33. The molecule has 110 valence electrons. The van der Waals surface area contributed by atoms with Gasteiger partial charge in [0.15, 0.2) is 6.10 Å². The predicted octanol–water partition coefficient (Wildman–Crippen LogP) is 3.49. The topological polar surface area (TPSA) is 77.2 Å². The van der Waals surface area contributed by atoms with Crippen LogP contribution in [0.25, 0.3) is 0 Å². The molecule has 2 aromatic rings. The van der Waals surface area contributed by atoms with Crippen molar-refractivity contribution in [2.45, 2.75) is 13.0 Å². The number of carbonyl (C=O) groups is 1. The van der Waals surface area contributed by atoms with E-state index in [0.717, 1.165) is 4.47 Å². The number of nitrogens with one attached hydrogen (secondary N) is 1. The first kappa shape index (κ1) is 15.6. The van der Waals surface area contributed by atoms with Gasteiger partial charge < -0.3 is 15.8 Å². The van der Waals surface area contributed by atoms with Crippen LogP contribution in [0.1, 0.15) is 6.92 Å². The molecule has 0 aliphatic rings. The fourth-order valence-electron chi connectivity index (χ4n) is 1.58. The number of aromatic nitrogens is 1. The zero-order valence-electron chi connectivity index (χ0n) is 11.1. The molecule has 0 radical (unpaired) electrons. The van der Waals surface area contributed by atoms with Gasteiger partial charge in [0.2, 0.25) is 0 Å². The molecule has 1 atom stereocenters. The van der Waals surface area contributed by atoms with Crippen molar-refractivity contribution >= 4 is 44.8 Å². The van der Waals surface area contributed by atoms with Crippen molar-refractivity contribution in [3.8, 4) is 5.75 Å². The smallest absolute Gasteiger partial charge is 0.265 e. The zero-order valence-corrected chi connectivity index (χ0v) is 13.5. The molecule has 0 aliphatic carbocycles. The van der Waals surface area contributed by atoms with Crippen LogP contribution < -0.4 is 15.8 Å². The highest BCUT2D eigenvalue weighted by molar-refractivity contribution is 9.10. The van der Waals surface area contributed by atoms with Gasteiger partial charge in [0.25, 0.3) is 5.91 Å². The second-order valence-corrected chi connectivity index (χ2v) is 5.65. The standard InChI is InChI=1S/C14H13BrClN3O2/c1-8(21-11-4-9(15)6-18-7-11)14(20)19-13-3-2-10(17)5-12(13)16/h2-8H,17H2,1H3,(H,19,20). The number of ether oxygens (including phenoxy) is 1. The highest BCUT2D eigenvalue weighted by atomic mass is 79.9. The summed E-state index contributed by atoms with van der Waals surface area (Å²) in [6.45, 7) is 1.64. The number of pyridine rings is 1. The molecule has 0 aliphatic heterocycles. The second kappa shape index (κ2) is 6.78. The monoisotopic (exact) mass is 369 g/mol. The van der Waals surface area contributed by atoms with E-state index < -0.39 is 6.10 Å². The summed E-state index contributed by atoms with van der Waals surface area (Å²) < 4.78 is 6.29. The number of anilines is 2. The predicted molar refractivity (Wildman–Crippen MR) is 86.5 cm³/mol. The zero-order chi connectivity index (χ0) is 15.4. The van der Waals surface area contributed by atoms with Crippen LogP contribution in [-0.2, 0) is 4.79 Å². The lowest BCUT2D eigenvalue weighted by molar-refractivity contribution is -0.122. The molecule has 5 nitrogen and oxygen atoms in total. The third-order valence-corrected chi connectivity index (χ3v) is 3.36.